The first kappa shape index (κ1) is 14.6. The van der Waals surface area contributed by atoms with Gasteiger partial charge < -0.3 is 0 Å². The molecule has 110 valence electrons. The summed E-state index contributed by atoms with van der Waals surface area (Å²) in [4.78, 5) is 14.7. The predicted molar refractivity (Wildman–Crippen MR) is 93.1 cm³/mol. The van der Waals surface area contributed by atoms with Gasteiger partial charge in [0, 0.05) is 0 Å². The van der Waals surface area contributed by atoms with Crippen molar-refractivity contribution in [2.24, 2.45) is 0 Å². The molecular formula is C18H16N2OS. The second-order valence-corrected chi connectivity index (χ2v) is 6.23. The van der Waals surface area contributed by atoms with Gasteiger partial charge in [0.15, 0.2) is 5.17 Å². The van der Waals surface area contributed by atoms with E-state index in [4.69, 9.17) is 5.41 Å². The molecule has 2 aromatic carbocycles. The second kappa shape index (κ2) is 5.81. The monoisotopic (exact) mass is 308 g/mol. The largest absolute Gasteiger partial charge is 0.278 e. The van der Waals surface area contributed by atoms with Crippen LogP contribution in [-0.2, 0) is 4.79 Å². The van der Waals surface area contributed by atoms with Crippen molar-refractivity contribution < 1.29 is 4.79 Å². The molecule has 1 heterocycles. The molecule has 22 heavy (non-hydrogen) atoms. The fourth-order valence-electron chi connectivity index (χ4n) is 2.41. The van der Waals surface area contributed by atoms with Crippen LogP contribution in [0.3, 0.4) is 0 Å². The Balaban J connectivity index is 1.99. The fourth-order valence-corrected chi connectivity index (χ4v) is 3.26. The Labute approximate surface area is 134 Å². The van der Waals surface area contributed by atoms with Crippen LogP contribution in [0, 0.1) is 19.3 Å². The predicted octanol–water partition coefficient (Wildman–Crippen LogP) is 4.36. The number of benzene rings is 2. The van der Waals surface area contributed by atoms with Gasteiger partial charge in [0.1, 0.15) is 0 Å². The van der Waals surface area contributed by atoms with Gasteiger partial charge in [-0.2, -0.15) is 0 Å². The van der Waals surface area contributed by atoms with E-state index in [0.29, 0.717) is 4.91 Å². The number of aryl methyl sites for hydroxylation is 2. The summed E-state index contributed by atoms with van der Waals surface area (Å²) in [5.41, 5.74) is 3.89. The number of anilines is 1. The Morgan fingerprint density at radius 2 is 1.64 bits per heavy atom. The summed E-state index contributed by atoms with van der Waals surface area (Å²) in [7, 11) is 0. The minimum absolute atomic E-state index is 0.132. The standard InChI is InChI=1S/C18H16N2OS/c1-12-7-3-5-9-14(12)11-16-17(21)20(18(19)22-16)15-10-6-4-8-13(15)2/h3-11,19H,1-2H3/b16-11-,19-18?. The van der Waals surface area contributed by atoms with Gasteiger partial charge >= 0.3 is 0 Å². The van der Waals surface area contributed by atoms with Crippen molar-refractivity contribution in [1.82, 2.24) is 0 Å². The Morgan fingerprint density at radius 1 is 1.00 bits per heavy atom. The van der Waals surface area contributed by atoms with E-state index >= 15 is 0 Å². The van der Waals surface area contributed by atoms with E-state index in [1.54, 1.807) is 0 Å². The molecule has 1 aliphatic heterocycles. The van der Waals surface area contributed by atoms with E-state index in [-0.39, 0.29) is 11.1 Å². The molecule has 0 saturated carbocycles. The maximum absolute atomic E-state index is 12.7. The Bertz CT molecular complexity index is 795. The normalized spacial score (nSPS) is 16.6. The highest BCUT2D eigenvalue weighted by molar-refractivity contribution is 8.19. The van der Waals surface area contributed by atoms with E-state index in [2.05, 4.69) is 0 Å². The summed E-state index contributed by atoms with van der Waals surface area (Å²) in [6.07, 6.45) is 1.87. The summed E-state index contributed by atoms with van der Waals surface area (Å²) in [5.74, 6) is -0.132. The summed E-state index contributed by atoms with van der Waals surface area (Å²) in [6.45, 7) is 3.96. The first-order valence-electron chi connectivity index (χ1n) is 7.02. The van der Waals surface area contributed by atoms with Crippen molar-refractivity contribution >= 4 is 34.6 Å². The number of para-hydroxylation sites is 1. The Morgan fingerprint density at radius 3 is 2.32 bits per heavy atom. The number of rotatable bonds is 2. The first-order chi connectivity index (χ1) is 10.6. The van der Waals surface area contributed by atoms with Gasteiger partial charge in [0.2, 0.25) is 0 Å². The van der Waals surface area contributed by atoms with Gasteiger partial charge in [-0.15, -0.1) is 0 Å². The summed E-state index contributed by atoms with van der Waals surface area (Å²) < 4.78 is 0. The molecule has 3 nitrogen and oxygen atoms in total. The van der Waals surface area contributed by atoms with Crippen molar-refractivity contribution in [2.45, 2.75) is 13.8 Å². The SMILES string of the molecule is Cc1ccccc1/C=C1\SC(=N)N(c2ccccc2C)C1=O. The topological polar surface area (TPSA) is 44.2 Å². The van der Waals surface area contributed by atoms with Crippen LogP contribution in [-0.4, -0.2) is 11.1 Å². The van der Waals surface area contributed by atoms with Gasteiger partial charge in [-0.25, -0.2) is 0 Å². The number of hydrogen-bond donors (Lipinski definition) is 1. The van der Waals surface area contributed by atoms with Crippen LogP contribution in [0.2, 0.25) is 0 Å². The molecule has 0 bridgehead atoms. The molecule has 1 fully saturated rings. The van der Waals surface area contributed by atoms with Crippen LogP contribution >= 0.6 is 11.8 Å². The zero-order valence-electron chi connectivity index (χ0n) is 12.5. The highest BCUT2D eigenvalue weighted by Gasteiger charge is 2.34. The number of nitrogens with zero attached hydrogens (tertiary/aromatic N) is 1. The number of carbonyl (C=O) groups excluding carboxylic acids is 1. The zero-order chi connectivity index (χ0) is 15.7. The zero-order valence-corrected chi connectivity index (χ0v) is 13.3. The second-order valence-electron chi connectivity index (χ2n) is 5.20. The maximum Gasteiger partial charge on any atom is 0.271 e. The van der Waals surface area contributed by atoms with Crippen molar-refractivity contribution in [3.63, 3.8) is 0 Å². The lowest BCUT2D eigenvalue weighted by Crippen LogP contribution is -2.28. The van der Waals surface area contributed by atoms with E-state index in [1.807, 2.05) is 68.5 Å². The smallest absolute Gasteiger partial charge is 0.271 e. The van der Waals surface area contributed by atoms with E-state index in [9.17, 15) is 4.79 Å². The molecule has 2 aromatic rings. The number of hydrogen-bond acceptors (Lipinski definition) is 3. The van der Waals surface area contributed by atoms with E-state index in [1.165, 1.54) is 16.7 Å². The average Bonchev–Trinajstić information content (AvgIpc) is 2.77. The molecule has 1 aliphatic rings. The molecule has 3 rings (SSSR count). The summed E-state index contributed by atoms with van der Waals surface area (Å²) in [5, 5.41) is 8.40. The highest BCUT2D eigenvalue weighted by Crippen LogP contribution is 2.36. The first-order valence-corrected chi connectivity index (χ1v) is 7.83. The van der Waals surface area contributed by atoms with E-state index < -0.39 is 0 Å². The van der Waals surface area contributed by atoms with Crippen LogP contribution in [0.25, 0.3) is 6.08 Å². The average molecular weight is 308 g/mol. The number of nitrogens with one attached hydrogen (secondary N) is 1. The lowest BCUT2D eigenvalue weighted by Gasteiger charge is -2.16. The van der Waals surface area contributed by atoms with Crippen LogP contribution in [0.15, 0.2) is 53.4 Å². The van der Waals surface area contributed by atoms with Gasteiger partial charge in [-0.3, -0.25) is 15.1 Å². The molecule has 1 saturated heterocycles. The molecule has 0 aromatic heterocycles. The molecule has 0 radical (unpaired) electrons. The molecule has 0 atom stereocenters. The molecule has 0 spiro atoms. The van der Waals surface area contributed by atoms with Crippen molar-refractivity contribution in [3.8, 4) is 0 Å². The number of carbonyl (C=O) groups is 1. The fraction of sp³-hybridized carbons (Fsp3) is 0.111. The third-order valence-electron chi connectivity index (χ3n) is 3.66. The molecule has 1 amide bonds. The minimum Gasteiger partial charge on any atom is -0.278 e. The number of thioether (sulfide) groups is 1. The number of amidine groups is 1. The van der Waals surface area contributed by atoms with Gasteiger partial charge in [-0.05, 0) is 54.4 Å². The lowest BCUT2D eigenvalue weighted by molar-refractivity contribution is -0.113. The van der Waals surface area contributed by atoms with Crippen LogP contribution in [0.1, 0.15) is 16.7 Å². The highest BCUT2D eigenvalue weighted by atomic mass is 32.2. The van der Waals surface area contributed by atoms with Crippen LogP contribution in [0.4, 0.5) is 5.69 Å². The third-order valence-corrected chi connectivity index (χ3v) is 4.54. The summed E-state index contributed by atoms with van der Waals surface area (Å²) >= 11 is 1.21. The minimum atomic E-state index is -0.132. The summed E-state index contributed by atoms with van der Waals surface area (Å²) in [6, 6.07) is 15.6. The van der Waals surface area contributed by atoms with E-state index in [0.717, 1.165) is 22.4 Å². The maximum atomic E-state index is 12.7. The lowest BCUT2D eigenvalue weighted by atomic mass is 10.1. The molecule has 0 aliphatic carbocycles. The molecular weight excluding hydrogens is 292 g/mol. The quantitative estimate of drug-likeness (QED) is 0.838. The van der Waals surface area contributed by atoms with Crippen molar-refractivity contribution in [2.75, 3.05) is 4.90 Å². The molecule has 4 heteroatoms. The van der Waals surface area contributed by atoms with Crippen LogP contribution < -0.4 is 4.90 Å². The van der Waals surface area contributed by atoms with Crippen molar-refractivity contribution in [3.05, 3.63) is 70.1 Å². The van der Waals surface area contributed by atoms with Gasteiger partial charge in [0.05, 0.1) is 10.6 Å². The Hall–Kier alpha value is -2.33. The van der Waals surface area contributed by atoms with Crippen LogP contribution in [0.5, 0.6) is 0 Å². The molecule has 1 N–H and O–H groups in total. The Kier molecular flexibility index (Phi) is 3.86. The molecule has 0 unspecified atom stereocenters. The van der Waals surface area contributed by atoms with Crippen molar-refractivity contribution in [1.29, 1.82) is 5.41 Å². The van der Waals surface area contributed by atoms with Gasteiger partial charge in [-0.1, -0.05) is 42.5 Å². The van der Waals surface area contributed by atoms with Gasteiger partial charge in [0.25, 0.3) is 5.91 Å². The third kappa shape index (κ3) is 2.57. The number of amides is 1.